The Balaban J connectivity index is 1.97. The second-order valence-corrected chi connectivity index (χ2v) is 6.49. The van der Waals surface area contributed by atoms with Crippen LogP contribution in [0.3, 0.4) is 0 Å². The zero-order valence-electron chi connectivity index (χ0n) is 12.8. The molecule has 0 radical (unpaired) electrons. The number of likely N-dealkylation sites (N-methyl/N-ethyl adjacent to an activating group) is 1. The Morgan fingerprint density at radius 1 is 1.52 bits per heavy atom. The van der Waals surface area contributed by atoms with Gasteiger partial charge in [-0.15, -0.1) is 0 Å². The van der Waals surface area contributed by atoms with Crippen LogP contribution in [0, 0.1) is 11.6 Å². The minimum Gasteiger partial charge on any atom is -0.480 e. The van der Waals surface area contributed by atoms with Crippen LogP contribution in [0.1, 0.15) is 5.56 Å². The van der Waals surface area contributed by atoms with Gasteiger partial charge in [-0.25, -0.2) is 8.78 Å². The van der Waals surface area contributed by atoms with Gasteiger partial charge in [0.2, 0.25) is 0 Å². The van der Waals surface area contributed by atoms with Gasteiger partial charge in [0.1, 0.15) is 11.6 Å². The number of morpholine rings is 1. The Morgan fingerprint density at radius 2 is 2.26 bits per heavy atom. The molecule has 0 aromatic heterocycles. The number of carboxylic acid groups (broad SMARTS) is 1. The lowest BCUT2D eigenvalue weighted by atomic mass is 10.1. The fourth-order valence-electron chi connectivity index (χ4n) is 2.62. The molecule has 1 fully saturated rings. The highest BCUT2D eigenvalue weighted by molar-refractivity contribution is 9.10. The van der Waals surface area contributed by atoms with Gasteiger partial charge in [0, 0.05) is 31.7 Å². The third-order valence-electron chi connectivity index (χ3n) is 3.66. The van der Waals surface area contributed by atoms with E-state index in [1.807, 2.05) is 4.90 Å². The molecule has 1 aromatic rings. The Kier molecular flexibility index (Phi) is 6.46. The number of benzene rings is 1. The van der Waals surface area contributed by atoms with Crippen molar-refractivity contribution < 1.29 is 23.4 Å². The van der Waals surface area contributed by atoms with Gasteiger partial charge in [-0.05, 0) is 35.1 Å². The lowest BCUT2D eigenvalue weighted by Crippen LogP contribution is -2.47. The van der Waals surface area contributed by atoms with Gasteiger partial charge < -0.3 is 9.84 Å². The number of nitrogens with zero attached hydrogens (tertiary/aromatic N) is 2. The molecule has 8 heteroatoms. The molecular formula is C15H19BrF2N2O3. The van der Waals surface area contributed by atoms with Crippen molar-refractivity contribution in [3.63, 3.8) is 0 Å². The summed E-state index contributed by atoms with van der Waals surface area (Å²) in [6.45, 7) is 2.04. The van der Waals surface area contributed by atoms with Gasteiger partial charge in [0.15, 0.2) is 0 Å². The molecule has 1 aromatic carbocycles. The first-order chi connectivity index (χ1) is 10.9. The second kappa shape index (κ2) is 8.14. The quantitative estimate of drug-likeness (QED) is 0.749. The molecule has 0 saturated carbocycles. The summed E-state index contributed by atoms with van der Waals surface area (Å²) in [4.78, 5) is 14.2. The van der Waals surface area contributed by atoms with Gasteiger partial charge >= 0.3 is 5.97 Å². The van der Waals surface area contributed by atoms with Crippen molar-refractivity contribution >= 4 is 21.9 Å². The normalized spacial score (nSPS) is 19.3. The molecule has 5 nitrogen and oxygen atoms in total. The lowest BCUT2D eigenvalue weighted by Gasteiger charge is -2.34. The third-order valence-corrected chi connectivity index (χ3v) is 4.28. The molecular weight excluding hydrogens is 374 g/mol. The molecule has 23 heavy (non-hydrogen) atoms. The number of hydrogen-bond donors (Lipinski definition) is 1. The van der Waals surface area contributed by atoms with E-state index in [0.29, 0.717) is 26.2 Å². The van der Waals surface area contributed by atoms with Crippen LogP contribution >= 0.6 is 15.9 Å². The number of halogens is 3. The topological polar surface area (TPSA) is 53.0 Å². The van der Waals surface area contributed by atoms with E-state index < -0.39 is 17.6 Å². The number of rotatable bonds is 6. The Morgan fingerprint density at radius 3 is 2.96 bits per heavy atom. The van der Waals surface area contributed by atoms with Gasteiger partial charge in [0.05, 0.1) is 23.7 Å². The highest BCUT2D eigenvalue weighted by Crippen LogP contribution is 2.23. The molecule has 1 aliphatic heterocycles. The number of carbonyl (C=O) groups is 1. The van der Waals surface area contributed by atoms with Crippen LogP contribution in [0.25, 0.3) is 0 Å². The molecule has 1 aliphatic rings. The van der Waals surface area contributed by atoms with E-state index in [4.69, 9.17) is 9.84 Å². The summed E-state index contributed by atoms with van der Waals surface area (Å²) >= 11 is 3.07. The molecule has 0 aliphatic carbocycles. The van der Waals surface area contributed by atoms with Crippen molar-refractivity contribution in [3.05, 3.63) is 33.8 Å². The van der Waals surface area contributed by atoms with E-state index in [1.165, 1.54) is 12.1 Å². The maximum Gasteiger partial charge on any atom is 0.317 e. The first kappa shape index (κ1) is 18.3. The Labute approximate surface area is 141 Å². The average Bonchev–Trinajstić information content (AvgIpc) is 2.47. The van der Waals surface area contributed by atoms with Crippen molar-refractivity contribution in [1.82, 2.24) is 9.80 Å². The number of aliphatic carboxylic acids is 1. The van der Waals surface area contributed by atoms with Gasteiger partial charge in [-0.3, -0.25) is 14.6 Å². The summed E-state index contributed by atoms with van der Waals surface area (Å²) in [5.41, 5.74) is 0.0268. The van der Waals surface area contributed by atoms with Crippen LogP contribution < -0.4 is 0 Å². The Bertz CT molecular complexity index is 574. The molecule has 0 bridgehead atoms. The standard InChI is InChI=1S/C15H19BrF2N2O3/c1-19(9-14(21)22)6-10-7-20(4-5-23-10)8-11-13(17)3-2-12(16)15(11)18/h2-3,10H,4-9H2,1H3,(H,21,22). The predicted octanol–water partition coefficient (Wildman–Crippen LogP) is 1.94. The first-order valence-corrected chi connectivity index (χ1v) is 8.02. The molecule has 1 atom stereocenters. The van der Waals surface area contributed by atoms with E-state index >= 15 is 0 Å². The highest BCUT2D eigenvalue weighted by atomic mass is 79.9. The summed E-state index contributed by atoms with van der Waals surface area (Å²) in [5, 5.41) is 8.77. The SMILES string of the molecule is CN(CC(=O)O)CC1CN(Cc2c(F)ccc(Br)c2F)CCO1. The molecule has 2 rings (SSSR count). The molecule has 1 unspecified atom stereocenters. The largest absolute Gasteiger partial charge is 0.480 e. The van der Waals surface area contributed by atoms with Crippen LogP contribution in [-0.2, 0) is 16.1 Å². The minimum absolute atomic E-state index is 0.0268. The first-order valence-electron chi connectivity index (χ1n) is 7.23. The summed E-state index contributed by atoms with van der Waals surface area (Å²) < 4.78 is 33.7. The van der Waals surface area contributed by atoms with Crippen molar-refractivity contribution in [2.24, 2.45) is 0 Å². The molecule has 0 spiro atoms. The van der Waals surface area contributed by atoms with E-state index in [-0.39, 0.29) is 29.2 Å². The minimum atomic E-state index is -0.904. The van der Waals surface area contributed by atoms with Crippen LogP contribution in [0.4, 0.5) is 8.78 Å². The molecule has 0 amide bonds. The predicted molar refractivity (Wildman–Crippen MR) is 84.2 cm³/mol. The van der Waals surface area contributed by atoms with Gasteiger partial charge in [0.25, 0.3) is 0 Å². The van der Waals surface area contributed by atoms with E-state index in [0.717, 1.165) is 0 Å². The van der Waals surface area contributed by atoms with Crippen molar-refractivity contribution in [1.29, 1.82) is 0 Å². The monoisotopic (exact) mass is 392 g/mol. The van der Waals surface area contributed by atoms with E-state index in [2.05, 4.69) is 15.9 Å². The van der Waals surface area contributed by atoms with E-state index in [1.54, 1.807) is 11.9 Å². The van der Waals surface area contributed by atoms with Crippen molar-refractivity contribution in [3.8, 4) is 0 Å². The zero-order chi connectivity index (χ0) is 17.0. The van der Waals surface area contributed by atoms with Crippen molar-refractivity contribution in [2.75, 3.05) is 39.8 Å². The maximum atomic E-state index is 14.0. The fourth-order valence-corrected chi connectivity index (χ4v) is 2.99. The third kappa shape index (κ3) is 5.20. The Hall–Kier alpha value is -1.09. The average molecular weight is 393 g/mol. The van der Waals surface area contributed by atoms with Crippen LogP contribution in [0.2, 0.25) is 0 Å². The van der Waals surface area contributed by atoms with E-state index in [9.17, 15) is 13.6 Å². The molecule has 128 valence electrons. The molecule has 1 saturated heterocycles. The summed E-state index contributed by atoms with van der Waals surface area (Å²) in [6.07, 6.45) is -0.189. The summed E-state index contributed by atoms with van der Waals surface area (Å²) in [5.74, 6) is -2.06. The summed E-state index contributed by atoms with van der Waals surface area (Å²) in [7, 11) is 1.70. The smallest absolute Gasteiger partial charge is 0.317 e. The fraction of sp³-hybridized carbons (Fsp3) is 0.533. The highest BCUT2D eigenvalue weighted by Gasteiger charge is 2.24. The number of carboxylic acids is 1. The van der Waals surface area contributed by atoms with Crippen LogP contribution in [0.5, 0.6) is 0 Å². The van der Waals surface area contributed by atoms with Crippen LogP contribution in [-0.4, -0.2) is 66.8 Å². The molecule has 1 N–H and O–H groups in total. The number of ether oxygens (including phenoxy) is 1. The second-order valence-electron chi connectivity index (χ2n) is 5.64. The van der Waals surface area contributed by atoms with Gasteiger partial charge in [-0.2, -0.15) is 0 Å². The van der Waals surface area contributed by atoms with Gasteiger partial charge in [-0.1, -0.05) is 0 Å². The van der Waals surface area contributed by atoms with Crippen LogP contribution in [0.15, 0.2) is 16.6 Å². The summed E-state index contributed by atoms with van der Waals surface area (Å²) in [6, 6.07) is 2.58. The zero-order valence-corrected chi connectivity index (χ0v) is 14.4. The lowest BCUT2D eigenvalue weighted by molar-refractivity contribution is -0.138. The van der Waals surface area contributed by atoms with Crippen molar-refractivity contribution in [2.45, 2.75) is 12.6 Å². The molecule has 1 heterocycles. The maximum absolute atomic E-state index is 14.0. The number of hydrogen-bond acceptors (Lipinski definition) is 4.